The average molecular weight is 294 g/mol. The van der Waals surface area contributed by atoms with E-state index in [1.54, 1.807) is 24.3 Å². The van der Waals surface area contributed by atoms with Gasteiger partial charge in [-0.25, -0.2) is 8.42 Å². The minimum atomic E-state index is -3.44. The monoisotopic (exact) mass is 294 g/mol. The van der Waals surface area contributed by atoms with Crippen LogP contribution in [0.2, 0.25) is 0 Å². The van der Waals surface area contributed by atoms with Gasteiger partial charge in [0.25, 0.3) is 0 Å². The highest BCUT2D eigenvalue weighted by molar-refractivity contribution is 7.89. The molecule has 1 aromatic carbocycles. The molecule has 0 N–H and O–H groups in total. The molecule has 0 aliphatic heterocycles. The van der Waals surface area contributed by atoms with Gasteiger partial charge < -0.3 is 0 Å². The molecule has 0 aliphatic carbocycles. The third kappa shape index (κ3) is 4.06. The fourth-order valence-corrected chi connectivity index (χ4v) is 3.46. The van der Waals surface area contributed by atoms with Crippen molar-refractivity contribution in [3.05, 3.63) is 29.8 Å². The summed E-state index contributed by atoms with van der Waals surface area (Å²) in [5.74, 6) is 0.336. The van der Waals surface area contributed by atoms with E-state index in [0.717, 1.165) is 12.0 Å². The molecule has 0 amide bonds. The van der Waals surface area contributed by atoms with Crippen LogP contribution in [-0.2, 0) is 16.4 Å². The maximum Gasteiger partial charge on any atom is 0.243 e. The maximum absolute atomic E-state index is 12.5. The van der Waals surface area contributed by atoms with Crippen molar-refractivity contribution in [3.63, 3.8) is 0 Å². The Balaban J connectivity index is 2.99. The van der Waals surface area contributed by atoms with Gasteiger partial charge in [0.1, 0.15) is 0 Å². The number of rotatable bonds is 7. The lowest BCUT2D eigenvalue weighted by molar-refractivity contribution is 0.361. The van der Waals surface area contributed by atoms with Crippen LogP contribution < -0.4 is 0 Å². The topological polar surface area (TPSA) is 61.2 Å². The second-order valence-corrected chi connectivity index (χ2v) is 6.89. The molecule has 1 unspecified atom stereocenters. The summed E-state index contributed by atoms with van der Waals surface area (Å²) in [4.78, 5) is 0.296. The van der Waals surface area contributed by atoms with Gasteiger partial charge in [-0.15, -0.1) is 0 Å². The number of sulfonamides is 1. The van der Waals surface area contributed by atoms with Gasteiger partial charge in [0.2, 0.25) is 10.0 Å². The summed E-state index contributed by atoms with van der Waals surface area (Å²) < 4.78 is 26.6. The second-order valence-electron chi connectivity index (χ2n) is 4.95. The van der Waals surface area contributed by atoms with E-state index in [1.165, 1.54) is 4.31 Å². The van der Waals surface area contributed by atoms with Crippen LogP contribution in [0.25, 0.3) is 0 Å². The number of nitrogens with zero attached hydrogens (tertiary/aromatic N) is 2. The van der Waals surface area contributed by atoms with Crippen molar-refractivity contribution < 1.29 is 8.42 Å². The van der Waals surface area contributed by atoms with Crippen LogP contribution in [0.15, 0.2) is 29.2 Å². The average Bonchev–Trinajstić information content (AvgIpc) is 2.45. The number of benzene rings is 1. The van der Waals surface area contributed by atoms with Crippen molar-refractivity contribution in [2.24, 2.45) is 5.92 Å². The normalized spacial score (nSPS) is 13.2. The van der Waals surface area contributed by atoms with Crippen molar-refractivity contribution >= 4 is 10.0 Å². The van der Waals surface area contributed by atoms with Gasteiger partial charge in [-0.05, 0) is 23.6 Å². The lowest BCUT2D eigenvalue weighted by Crippen LogP contribution is -2.34. The lowest BCUT2D eigenvalue weighted by Gasteiger charge is -2.23. The molecule has 0 radical (unpaired) electrons. The van der Waals surface area contributed by atoms with Gasteiger partial charge >= 0.3 is 0 Å². The molecule has 0 bridgehead atoms. The Hall–Kier alpha value is -1.38. The van der Waals surface area contributed by atoms with E-state index < -0.39 is 10.0 Å². The zero-order valence-corrected chi connectivity index (χ0v) is 13.2. The standard InChI is InChI=1S/C15H22N2O2S/c1-4-13(3)12-17(5-2)20(18,19)15-8-6-14(7-9-15)10-11-16/h6-9,13H,4-5,10,12H2,1-3H3. The second kappa shape index (κ2) is 7.41. The van der Waals surface area contributed by atoms with Crippen LogP contribution in [0.3, 0.4) is 0 Å². The van der Waals surface area contributed by atoms with Crippen LogP contribution in [0.1, 0.15) is 32.8 Å². The molecule has 1 atom stereocenters. The summed E-state index contributed by atoms with van der Waals surface area (Å²) in [7, 11) is -3.44. The summed E-state index contributed by atoms with van der Waals surface area (Å²) in [6.45, 7) is 6.96. The van der Waals surface area contributed by atoms with Crippen LogP contribution in [0.5, 0.6) is 0 Å². The minimum absolute atomic E-state index is 0.296. The first-order chi connectivity index (χ1) is 9.45. The molecular formula is C15H22N2O2S. The van der Waals surface area contributed by atoms with Gasteiger partial charge in [0.05, 0.1) is 17.4 Å². The predicted molar refractivity (Wildman–Crippen MR) is 79.6 cm³/mol. The van der Waals surface area contributed by atoms with Gasteiger partial charge in [-0.3, -0.25) is 0 Å². The summed E-state index contributed by atoms with van der Waals surface area (Å²) in [6, 6.07) is 8.62. The summed E-state index contributed by atoms with van der Waals surface area (Å²) in [5.41, 5.74) is 0.830. The van der Waals surface area contributed by atoms with E-state index in [2.05, 4.69) is 6.92 Å². The first-order valence-electron chi connectivity index (χ1n) is 6.91. The summed E-state index contributed by atoms with van der Waals surface area (Å²) >= 11 is 0. The molecule has 0 heterocycles. The predicted octanol–water partition coefficient (Wildman–Crippen LogP) is 2.81. The Labute approximate surface area is 122 Å². The zero-order valence-electron chi connectivity index (χ0n) is 12.3. The molecule has 1 aromatic rings. The highest BCUT2D eigenvalue weighted by Crippen LogP contribution is 2.18. The molecule has 0 fully saturated rings. The molecule has 20 heavy (non-hydrogen) atoms. The molecule has 1 rings (SSSR count). The third-order valence-electron chi connectivity index (χ3n) is 3.41. The number of hydrogen-bond acceptors (Lipinski definition) is 3. The van der Waals surface area contributed by atoms with E-state index in [9.17, 15) is 8.42 Å². The zero-order chi connectivity index (χ0) is 15.2. The summed E-state index contributed by atoms with van der Waals surface area (Å²) in [5, 5.41) is 8.62. The van der Waals surface area contributed by atoms with Crippen molar-refractivity contribution in [1.82, 2.24) is 4.31 Å². The molecular weight excluding hydrogens is 272 g/mol. The molecule has 0 aliphatic rings. The molecule has 0 aromatic heterocycles. The minimum Gasteiger partial charge on any atom is -0.207 e. The fourth-order valence-electron chi connectivity index (χ4n) is 1.89. The van der Waals surface area contributed by atoms with Crippen LogP contribution >= 0.6 is 0 Å². The van der Waals surface area contributed by atoms with Gasteiger partial charge in [0.15, 0.2) is 0 Å². The Morgan fingerprint density at radius 1 is 1.25 bits per heavy atom. The van der Waals surface area contributed by atoms with E-state index in [-0.39, 0.29) is 0 Å². The Morgan fingerprint density at radius 2 is 1.85 bits per heavy atom. The lowest BCUT2D eigenvalue weighted by atomic mass is 10.1. The third-order valence-corrected chi connectivity index (χ3v) is 5.36. The molecule has 4 nitrogen and oxygen atoms in total. The number of nitriles is 1. The van der Waals surface area contributed by atoms with Crippen molar-refractivity contribution in [2.45, 2.75) is 38.5 Å². The highest BCUT2D eigenvalue weighted by atomic mass is 32.2. The molecule has 110 valence electrons. The van der Waals surface area contributed by atoms with Crippen LogP contribution in [-0.4, -0.2) is 25.8 Å². The van der Waals surface area contributed by atoms with E-state index >= 15 is 0 Å². The quantitative estimate of drug-likeness (QED) is 0.777. The van der Waals surface area contributed by atoms with Crippen molar-refractivity contribution in [2.75, 3.05) is 13.1 Å². The fraction of sp³-hybridized carbons (Fsp3) is 0.533. The molecule has 0 saturated carbocycles. The summed E-state index contributed by atoms with van der Waals surface area (Å²) in [6.07, 6.45) is 1.25. The van der Waals surface area contributed by atoms with Crippen molar-refractivity contribution in [3.8, 4) is 6.07 Å². The van der Waals surface area contributed by atoms with Gasteiger partial charge in [0, 0.05) is 13.1 Å². The first-order valence-corrected chi connectivity index (χ1v) is 8.35. The number of hydrogen-bond donors (Lipinski definition) is 0. The smallest absolute Gasteiger partial charge is 0.207 e. The highest BCUT2D eigenvalue weighted by Gasteiger charge is 2.24. The molecule has 0 saturated heterocycles. The van der Waals surface area contributed by atoms with Crippen LogP contribution in [0.4, 0.5) is 0 Å². The Bertz CT molecular complexity index is 559. The largest absolute Gasteiger partial charge is 0.243 e. The van der Waals surface area contributed by atoms with Crippen LogP contribution in [0, 0.1) is 17.2 Å². The van der Waals surface area contributed by atoms with E-state index in [1.807, 2.05) is 19.9 Å². The van der Waals surface area contributed by atoms with E-state index in [4.69, 9.17) is 5.26 Å². The van der Waals surface area contributed by atoms with Gasteiger partial charge in [-0.1, -0.05) is 39.3 Å². The van der Waals surface area contributed by atoms with E-state index in [0.29, 0.717) is 30.3 Å². The molecule has 5 heteroatoms. The Kier molecular flexibility index (Phi) is 6.18. The molecule has 0 spiro atoms. The SMILES string of the molecule is CCC(C)CN(CC)S(=O)(=O)c1ccc(CC#N)cc1. The maximum atomic E-state index is 12.5. The van der Waals surface area contributed by atoms with Gasteiger partial charge in [-0.2, -0.15) is 9.57 Å². The first kappa shape index (κ1) is 16.7. The van der Waals surface area contributed by atoms with Crippen molar-refractivity contribution in [1.29, 1.82) is 5.26 Å². The Morgan fingerprint density at radius 3 is 2.30 bits per heavy atom.